The number of rotatable bonds is 10. The number of carbonyl (C=O) groups excluding carboxylic acids is 1. The van der Waals surface area contributed by atoms with E-state index in [0.717, 1.165) is 0 Å². The van der Waals surface area contributed by atoms with Crippen LogP contribution in [0.3, 0.4) is 0 Å². The molecule has 0 heterocycles. The Labute approximate surface area is 116 Å². The first kappa shape index (κ1) is 17.8. The van der Waals surface area contributed by atoms with E-state index in [4.69, 9.17) is 19.5 Å². The van der Waals surface area contributed by atoms with Crippen molar-refractivity contribution < 1.29 is 18.6 Å². The average molecular weight is 287 g/mol. The third-order valence-electron chi connectivity index (χ3n) is 1.90. The van der Waals surface area contributed by atoms with Gasteiger partial charge in [-0.05, 0) is 26.0 Å². The van der Waals surface area contributed by atoms with Crippen LogP contribution in [0.5, 0.6) is 0 Å². The maximum absolute atomic E-state index is 11.5. The molecule has 0 aromatic rings. The number of hydrogen-bond donors (Lipinski definition) is 1. The maximum Gasteiger partial charge on any atom is 0.335 e. The minimum atomic E-state index is -1.31. The summed E-state index contributed by atoms with van der Waals surface area (Å²) >= 11 is 0. The molecular weight excluding hydrogens is 265 g/mol. The molecule has 2 atom stereocenters. The number of nitrogens with two attached hydrogens (primary N) is 1. The van der Waals surface area contributed by atoms with Crippen molar-refractivity contribution in [2.24, 2.45) is 5.73 Å². The summed E-state index contributed by atoms with van der Waals surface area (Å²) in [7, 11) is -1.31. The molecule has 19 heavy (non-hydrogen) atoms. The highest BCUT2D eigenvalue weighted by Crippen LogP contribution is 2.41. The molecule has 0 radical (unpaired) electrons. The van der Waals surface area contributed by atoms with E-state index in [1.165, 1.54) is 0 Å². The van der Waals surface area contributed by atoms with E-state index >= 15 is 0 Å². The molecule has 0 rings (SSSR count). The van der Waals surface area contributed by atoms with Gasteiger partial charge in [0.1, 0.15) is 5.76 Å². The van der Waals surface area contributed by atoms with E-state index in [2.05, 4.69) is 13.2 Å². The Hall–Kier alpha value is -1.16. The van der Waals surface area contributed by atoms with Crippen LogP contribution in [0.25, 0.3) is 0 Å². The zero-order valence-electron chi connectivity index (χ0n) is 11.5. The highest BCUT2D eigenvalue weighted by molar-refractivity contribution is 7.47. The van der Waals surface area contributed by atoms with Crippen molar-refractivity contribution in [3.63, 3.8) is 0 Å². The molecule has 0 saturated carbocycles. The monoisotopic (exact) mass is 287 g/mol. The quantitative estimate of drug-likeness (QED) is 0.289. The summed E-state index contributed by atoms with van der Waals surface area (Å²) < 4.78 is 16.0. The summed E-state index contributed by atoms with van der Waals surface area (Å²) in [5.74, 6) is 0.120. The molecule has 0 aliphatic carbocycles. The molecule has 0 aromatic carbocycles. The lowest BCUT2D eigenvalue weighted by atomic mass is 10.4. The fourth-order valence-corrected chi connectivity index (χ4v) is 2.33. The minimum Gasteiger partial charge on any atom is -0.464 e. The smallest absolute Gasteiger partial charge is 0.335 e. The predicted molar refractivity (Wildman–Crippen MR) is 77.6 cm³/mol. The number of ether oxygens (including phenoxy) is 1. The van der Waals surface area contributed by atoms with Gasteiger partial charge in [0.05, 0.1) is 6.61 Å². The Morgan fingerprint density at radius 1 is 1.47 bits per heavy atom. The fourth-order valence-electron chi connectivity index (χ4n) is 1.07. The van der Waals surface area contributed by atoms with Crippen LogP contribution in [-0.2, 0) is 18.6 Å². The first-order valence-electron chi connectivity index (χ1n) is 6.03. The van der Waals surface area contributed by atoms with Crippen LogP contribution < -0.4 is 5.73 Å². The third kappa shape index (κ3) is 7.78. The van der Waals surface area contributed by atoms with Gasteiger partial charge < -0.3 is 19.5 Å². The van der Waals surface area contributed by atoms with Crippen LogP contribution in [-0.4, -0.2) is 31.4 Å². The molecule has 0 bridgehead atoms. The molecule has 0 spiro atoms. The molecular formula is C13H22NO4P. The second-order valence-electron chi connectivity index (χ2n) is 3.44. The number of allylic oxidation sites excluding steroid dienone is 3. The van der Waals surface area contributed by atoms with Crippen LogP contribution in [0.4, 0.5) is 0 Å². The van der Waals surface area contributed by atoms with Crippen molar-refractivity contribution in [3.05, 3.63) is 37.1 Å². The predicted octanol–water partition coefficient (Wildman–Crippen LogP) is 2.50. The summed E-state index contributed by atoms with van der Waals surface area (Å²) in [4.78, 5) is 11.5. The van der Waals surface area contributed by atoms with Gasteiger partial charge in [-0.25, -0.2) is 4.79 Å². The van der Waals surface area contributed by atoms with Gasteiger partial charge in [-0.15, -0.1) is 0 Å². The van der Waals surface area contributed by atoms with Crippen LogP contribution in [0, 0.1) is 0 Å². The molecule has 0 amide bonds. The van der Waals surface area contributed by atoms with Gasteiger partial charge >= 0.3 is 5.97 Å². The van der Waals surface area contributed by atoms with Gasteiger partial charge in [0.15, 0.2) is 6.10 Å². The Balaban J connectivity index is 4.55. The van der Waals surface area contributed by atoms with Crippen molar-refractivity contribution >= 4 is 14.3 Å². The van der Waals surface area contributed by atoms with E-state index < -0.39 is 20.4 Å². The highest BCUT2D eigenvalue weighted by Gasteiger charge is 2.22. The summed E-state index contributed by atoms with van der Waals surface area (Å²) in [6.07, 6.45) is 4.62. The lowest BCUT2D eigenvalue weighted by Crippen LogP contribution is -2.23. The highest BCUT2D eigenvalue weighted by atomic mass is 31.2. The largest absolute Gasteiger partial charge is 0.464 e. The van der Waals surface area contributed by atoms with Crippen LogP contribution in [0.15, 0.2) is 37.1 Å². The number of esters is 1. The van der Waals surface area contributed by atoms with E-state index in [1.54, 1.807) is 32.1 Å². The lowest BCUT2D eigenvalue weighted by Gasteiger charge is -2.21. The van der Waals surface area contributed by atoms with E-state index in [1.807, 2.05) is 0 Å². The summed E-state index contributed by atoms with van der Waals surface area (Å²) in [5, 5.41) is 0. The molecule has 2 N–H and O–H groups in total. The lowest BCUT2D eigenvalue weighted by molar-refractivity contribution is -0.150. The molecule has 5 nitrogen and oxygen atoms in total. The Bertz CT molecular complexity index is 331. The van der Waals surface area contributed by atoms with E-state index in [0.29, 0.717) is 25.1 Å². The normalized spacial score (nSPS) is 14.4. The molecule has 0 saturated heterocycles. The van der Waals surface area contributed by atoms with Gasteiger partial charge in [0.25, 0.3) is 0 Å². The summed E-state index contributed by atoms with van der Waals surface area (Å²) in [6.45, 7) is 11.3. The van der Waals surface area contributed by atoms with Gasteiger partial charge in [-0.3, -0.25) is 0 Å². The molecule has 0 aliphatic heterocycles. The molecule has 0 aromatic heterocycles. The second-order valence-corrected chi connectivity index (χ2v) is 4.95. The van der Waals surface area contributed by atoms with Crippen molar-refractivity contribution in [3.8, 4) is 0 Å². The average Bonchev–Trinajstić information content (AvgIpc) is 2.38. The first-order chi connectivity index (χ1) is 9.08. The minimum absolute atomic E-state index is 0.316. The van der Waals surface area contributed by atoms with Crippen LogP contribution >= 0.6 is 8.38 Å². The molecule has 0 aliphatic rings. The zero-order valence-corrected chi connectivity index (χ0v) is 12.4. The third-order valence-corrected chi connectivity index (χ3v) is 3.49. The zero-order chi connectivity index (χ0) is 14.7. The second kappa shape index (κ2) is 10.7. The standard InChI is InChI=1S/C13H22NO4P/c1-5-8-12(6-2)18-19(10-9-14)17-11(4)13(15)16-7-3/h5-6,8,11H,1-2,7,9-10,14H2,3-4H3/b12-8+/t11-,19?/m1/s1. The van der Waals surface area contributed by atoms with Gasteiger partial charge in [-0.2, -0.15) is 0 Å². The van der Waals surface area contributed by atoms with Gasteiger partial charge in [0, 0.05) is 12.7 Å². The fraction of sp³-hybridized carbons (Fsp3) is 0.462. The number of carbonyl (C=O) groups is 1. The van der Waals surface area contributed by atoms with Crippen molar-refractivity contribution in [2.75, 3.05) is 19.3 Å². The van der Waals surface area contributed by atoms with Crippen LogP contribution in [0.1, 0.15) is 13.8 Å². The first-order valence-corrected chi connectivity index (χ1v) is 7.39. The van der Waals surface area contributed by atoms with Gasteiger partial charge in [-0.1, -0.05) is 19.2 Å². The SMILES string of the molecule is C=C/C=C(\C=C)OP(CCN)O[C@H](C)C(=O)OCC. The molecule has 1 unspecified atom stereocenters. The van der Waals surface area contributed by atoms with E-state index in [-0.39, 0.29) is 0 Å². The topological polar surface area (TPSA) is 70.8 Å². The van der Waals surface area contributed by atoms with Crippen molar-refractivity contribution in [1.82, 2.24) is 0 Å². The van der Waals surface area contributed by atoms with E-state index in [9.17, 15) is 4.79 Å². The van der Waals surface area contributed by atoms with Gasteiger partial charge in [0.2, 0.25) is 8.38 Å². The maximum atomic E-state index is 11.5. The summed E-state index contributed by atoms with van der Waals surface area (Å²) in [5.41, 5.74) is 5.51. The Kier molecular flexibility index (Phi) is 10.1. The molecule has 108 valence electrons. The summed E-state index contributed by atoms with van der Waals surface area (Å²) in [6, 6.07) is 0. The molecule has 6 heteroatoms. The Morgan fingerprint density at radius 3 is 2.63 bits per heavy atom. The van der Waals surface area contributed by atoms with Crippen LogP contribution in [0.2, 0.25) is 0 Å². The van der Waals surface area contributed by atoms with Crippen molar-refractivity contribution in [1.29, 1.82) is 0 Å². The van der Waals surface area contributed by atoms with Crippen molar-refractivity contribution in [2.45, 2.75) is 20.0 Å². The Morgan fingerprint density at radius 2 is 2.16 bits per heavy atom. The number of hydrogen-bond acceptors (Lipinski definition) is 5. The molecule has 0 fully saturated rings.